The van der Waals surface area contributed by atoms with E-state index in [0.717, 1.165) is 23.8 Å². The lowest BCUT2D eigenvalue weighted by molar-refractivity contribution is 0.0939. The van der Waals surface area contributed by atoms with Crippen molar-refractivity contribution >= 4 is 17.5 Å². The van der Waals surface area contributed by atoms with Crippen LogP contribution in [-0.2, 0) is 6.42 Å². The molecule has 1 amide bonds. The van der Waals surface area contributed by atoms with Crippen LogP contribution in [0.4, 0.5) is 4.39 Å². The number of fused-ring (bicyclic) bond motifs is 1. The fourth-order valence-corrected chi connectivity index (χ4v) is 2.78. The van der Waals surface area contributed by atoms with Gasteiger partial charge in [0, 0.05) is 12.5 Å². The van der Waals surface area contributed by atoms with Gasteiger partial charge in [0.2, 0.25) is 0 Å². The number of ether oxygens (including phenoxy) is 1. The number of rotatable bonds is 3. The summed E-state index contributed by atoms with van der Waals surface area (Å²) in [6, 6.07) is 11.6. The van der Waals surface area contributed by atoms with Gasteiger partial charge in [-0.1, -0.05) is 29.8 Å². The van der Waals surface area contributed by atoms with Gasteiger partial charge in [0.15, 0.2) is 0 Å². The number of hydrogen-bond donors (Lipinski definition) is 1. The van der Waals surface area contributed by atoms with Crippen LogP contribution in [-0.4, -0.2) is 19.1 Å². The smallest absolute Gasteiger partial charge is 0.252 e. The van der Waals surface area contributed by atoms with Crippen molar-refractivity contribution in [1.29, 1.82) is 0 Å². The first-order valence-corrected chi connectivity index (χ1v) is 7.45. The average molecular weight is 320 g/mol. The van der Waals surface area contributed by atoms with Gasteiger partial charge in [-0.3, -0.25) is 4.79 Å². The zero-order chi connectivity index (χ0) is 15.5. The van der Waals surface area contributed by atoms with E-state index in [1.54, 1.807) is 0 Å². The quantitative estimate of drug-likeness (QED) is 0.941. The van der Waals surface area contributed by atoms with Gasteiger partial charge in [-0.2, -0.15) is 0 Å². The molecule has 1 N–H and O–H groups in total. The maximum atomic E-state index is 13.0. The van der Waals surface area contributed by atoms with Crippen molar-refractivity contribution in [3.8, 4) is 5.75 Å². The Morgan fingerprint density at radius 1 is 1.32 bits per heavy atom. The Balaban J connectivity index is 1.60. The lowest BCUT2D eigenvalue weighted by Gasteiger charge is -2.25. The lowest BCUT2D eigenvalue weighted by Crippen LogP contribution is -2.34. The predicted octanol–water partition coefficient (Wildman–Crippen LogP) is 3.46. The van der Waals surface area contributed by atoms with E-state index >= 15 is 0 Å². The molecule has 1 aliphatic rings. The molecule has 2 aromatic carbocycles. The molecule has 1 heterocycles. The lowest BCUT2D eigenvalue weighted by atomic mass is 9.96. The van der Waals surface area contributed by atoms with Gasteiger partial charge in [0.25, 0.3) is 5.91 Å². The Morgan fingerprint density at radius 2 is 2.14 bits per heavy atom. The Hall–Kier alpha value is -2.07. The molecule has 3 nitrogen and oxygen atoms in total. The minimum atomic E-state index is -0.459. The predicted molar refractivity (Wildman–Crippen MR) is 82.9 cm³/mol. The maximum Gasteiger partial charge on any atom is 0.252 e. The largest absolute Gasteiger partial charge is 0.493 e. The number of benzene rings is 2. The third-order valence-electron chi connectivity index (χ3n) is 3.68. The number of hydrogen-bond acceptors (Lipinski definition) is 2. The highest BCUT2D eigenvalue weighted by Gasteiger charge is 2.20. The van der Waals surface area contributed by atoms with Gasteiger partial charge in [0.05, 0.1) is 17.2 Å². The fourth-order valence-electron chi connectivity index (χ4n) is 2.53. The summed E-state index contributed by atoms with van der Waals surface area (Å²) in [5, 5.41) is 2.95. The van der Waals surface area contributed by atoms with Crippen molar-refractivity contribution in [1.82, 2.24) is 5.32 Å². The molecule has 1 unspecified atom stereocenters. The van der Waals surface area contributed by atoms with Gasteiger partial charge in [-0.05, 0) is 36.2 Å². The minimum absolute atomic E-state index is 0.114. The molecule has 114 valence electrons. The van der Waals surface area contributed by atoms with Crippen molar-refractivity contribution < 1.29 is 13.9 Å². The molecule has 2 aromatic rings. The van der Waals surface area contributed by atoms with Crippen LogP contribution in [0.15, 0.2) is 42.5 Å². The SMILES string of the molecule is O=C(NCC1COc2ccccc2C1)c1ccc(F)cc1Cl. The highest BCUT2D eigenvalue weighted by molar-refractivity contribution is 6.33. The zero-order valence-corrected chi connectivity index (χ0v) is 12.6. The number of nitrogens with one attached hydrogen (secondary N) is 1. The summed E-state index contributed by atoms with van der Waals surface area (Å²) < 4.78 is 18.7. The van der Waals surface area contributed by atoms with Crippen LogP contribution >= 0.6 is 11.6 Å². The first-order valence-electron chi connectivity index (χ1n) is 7.07. The van der Waals surface area contributed by atoms with Crippen molar-refractivity contribution in [3.63, 3.8) is 0 Å². The average Bonchev–Trinajstić information content (AvgIpc) is 2.52. The van der Waals surface area contributed by atoms with E-state index in [1.807, 2.05) is 24.3 Å². The molecule has 0 saturated carbocycles. The molecule has 0 bridgehead atoms. The van der Waals surface area contributed by atoms with E-state index in [0.29, 0.717) is 13.2 Å². The fraction of sp³-hybridized carbons (Fsp3) is 0.235. The monoisotopic (exact) mass is 319 g/mol. The first kappa shape index (κ1) is 14.9. The van der Waals surface area contributed by atoms with Crippen molar-refractivity contribution in [2.45, 2.75) is 6.42 Å². The van der Waals surface area contributed by atoms with Crippen molar-refractivity contribution in [2.75, 3.05) is 13.2 Å². The van der Waals surface area contributed by atoms with Gasteiger partial charge < -0.3 is 10.1 Å². The summed E-state index contributed by atoms with van der Waals surface area (Å²) in [5.74, 6) is 0.354. The third-order valence-corrected chi connectivity index (χ3v) is 4.00. The molecule has 0 fully saturated rings. The second-order valence-corrected chi connectivity index (χ2v) is 5.73. The Kier molecular flexibility index (Phi) is 4.29. The first-order chi connectivity index (χ1) is 10.6. The minimum Gasteiger partial charge on any atom is -0.493 e. The second kappa shape index (κ2) is 6.36. The van der Waals surface area contributed by atoms with Gasteiger partial charge in [0.1, 0.15) is 11.6 Å². The van der Waals surface area contributed by atoms with E-state index in [9.17, 15) is 9.18 Å². The highest BCUT2D eigenvalue weighted by Crippen LogP contribution is 2.26. The molecule has 0 spiro atoms. The summed E-state index contributed by atoms with van der Waals surface area (Å²) in [6.07, 6.45) is 0.855. The van der Waals surface area contributed by atoms with Crippen LogP contribution in [0.3, 0.4) is 0 Å². The standard InChI is InChI=1S/C17H15ClFNO2/c18-15-8-13(19)5-6-14(15)17(21)20-9-11-7-12-3-1-2-4-16(12)22-10-11/h1-6,8,11H,7,9-10H2,(H,20,21). The molecule has 0 saturated heterocycles. The van der Waals surface area contributed by atoms with Gasteiger partial charge in [-0.15, -0.1) is 0 Å². The third kappa shape index (κ3) is 3.22. The Bertz CT molecular complexity index is 705. The molecule has 1 aliphatic heterocycles. The molecule has 0 aliphatic carbocycles. The molecule has 0 aromatic heterocycles. The Labute approximate surface area is 133 Å². The number of para-hydroxylation sites is 1. The van der Waals surface area contributed by atoms with Crippen molar-refractivity contribution in [3.05, 3.63) is 64.4 Å². The molecule has 0 radical (unpaired) electrons. The molecule has 1 atom stereocenters. The van der Waals surface area contributed by atoms with Gasteiger partial charge >= 0.3 is 0 Å². The summed E-state index contributed by atoms with van der Waals surface area (Å²) in [7, 11) is 0. The van der Waals surface area contributed by atoms with Crippen molar-refractivity contribution in [2.24, 2.45) is 5.92 Å². The molecule has 22 heavy (non-hydrogen) atoms. The van der Waals surface area contributed by atoms with Gasteiger partial charge in [-0.25, -0.2) is 4.39 Å². The van der Waals surface area contributed by atoms with Crippen LogP contribution in [0, 0.1) is 11.7 Å². The van der Waals surface area contributed by atoms with E-state index in [2.05, 4.69) is 5.32 Å². The number of carbonyl (C=O) groups excluding carboxylic acids is 1. The summed E-state index contributed by atoms with van der Waals surface area (Å²) in [4.78, 5) is 12.1. The Morgan fingerprint density at radius 3 is 2.95 bits per heavy atom. The van der Waals surface area contributed by atoms with E-state index < -0.39 is 5.82 Å². The topological polar surface area (TPSA) is 38.3 Å². The second-order valence-electron chi connectivity index (χ2n) is 5.32. The number of carbonyl (C=O) groups is 1. The van der Waals surface area contributed by atoms with E-state index in [1.165, 1.54) is 12.1 Å². The maximum absolute atomic E-state index is 13.0. The highest BCUT2D eigenvalue weighted by atomic mass is 35.5. The summed E-state index contributed by atoms with van der Waals surface area (Å²) >= 11 is 5.89. The van der Waals surface area contributed by atoms with Crippen LogP contribution in [0.25, 0.3) is 0 Å². The van der Waals surface area contributed by atoms with Crippen LogP contribution in [0.2, 0.25) is 5.02 Å². The number of amides is 1. The summed E-state index contributed by atoms with van der Waals surface area (Å²) in [6.45, 7) is 1.05. The van der Waals surface area contributed by atoms with Crippen LogP contribution in [0.5, 0.6) is 5.75 Å². The molecule has 3 rings (SSSR count). The van der Waals surface area contributed by atoms with Crippen LogP contribution in [0.1, 0.15) is 15.9 Å². The molecular weight excluding hydrogens is 305 g/mol. The molecule has 5 heteroatoms. The zero-order valence-electron chi connectivity index (χ0n) is 11.8. The summed E-state index contributed by atoms with van der Waals surface area (Å²) in [5.41, 5.74) is 1.42. The molecular formula is C17H15ClFNO2. The van der Waals surface area contributed by atoms with E-state index in [-0.39, 0.29) is 22.4 Å². The normalized spacial score (nSPS) is 16.5. The van der Waals surface area contributed by atoms with E-state index in [4.69, 9.17) is 16.3 Å². The van der Waals surface area contributed by atoms with Crippen LogP contribution < -0.4 is 10.1 Å². The number of halogens is 2.